The van der Waals surface area contributed by atoms with Crippen LogP contribution in [0.3, 0.4) is 0 Å². The lowest BCUT2D eigenvalue weighted by Crippen LogP contribution is -2.54. The Morgan fingerprint density at radius 2 is 2.00 bits per heavy atom. The van der Waals surface area contributed by atoms with E-state index in [2.05, 4.69) is 0 Å². The Bertz CT molecular complexity index is 281. The van der Waals surface area contributed by atoms with Crippen LogP contribution in [0.25, 0.3) is 0 Å². The van der Waals surface area contributed by atoms with Crippen LogP contribution < -0.4 is 0 Å². The van der Waals surface area contributed by atoms with E-state index in [0.717, 1.165) is 0 Å². The van der Waals surface area contributed by atoms with Gasteiger partial charge < -0.3 is 15.3 Å². The lowest BCUT2D eigenvalue weighted by molar-refractivity contribution is -0.147. The van der Waals surface area contributed by atoms with E-state index in [1.165, 1.54) is 0 Å². The molecule has 2 fully saturated rings. The van der Waals surface area contributed by atoms with E-state index in [1.807, 2.05) is 13.8 Å². The van der Waals surface area contributed by atoms with Gasteiger partial charge >= 0.3 is 5.97 Å². The van der Waals surface area contributed by atoms with E-state index in [1.54, 1.807) is 4.90 Å². The molecular formula is C10H17NO4. The second kappa shape index (κ2) is 3.43. The van der Waals surface area contributed by atoms with Gasteiger partial charge in [-0.05, 0) is 20.3 Å². The molecule has 86 valence electrons. The molecule has 0 aromatic carbocycles. The van der Waals surface area contributed by atoms with E-state index in [4.69, 9.17) is 5.11 Å². The Hall–Kier alpha value is -0.650. The molecule has 1 aliphatic carbocycles. The lowest BCUT2D eigenvalue weighted by atomic mass is 9.96. The van der Waals surface area contributed by atoms with Crippen LogP contribution in [0.5, 0.6) is 0 Å². The smallest absolute Gasteiger partial charge is 0.321 e. The van der Waals surface area contributed by atoms with Crippen molar-refractivity contribution in [3.8, 4) is 0 Å². The first-order valence-corrected chi connectivity index (χ1v) is 5.31. The van der Waals surface area contributed by atoms with Crippen LogP contribution in [0.15, 0.2) is 0 Å². The molecule has 0 aromatic heterocycles. The van der Waals surface area contributed by atoms with Crippen LogP contribution >= 0.6 is 0 Å². The van der Waals surface area contributed by atoms with E-state index >= 15 is 0 Å². The Morgan fingerprint density at radius 1 is 1.40 bits per heavy atom. The quantitative estimate of drug-likeness (QED) is 0.566. The zero-order valence-electron chi connectivity index (χ0n) is 8.87. The third-order valence-corrected chi connectivity index (χ3v) is 3.62. The van der Waals surface area contributed by atoms with Crippen LogP contribution in [-0.4, -0.2) is 56.5 Å². The molecule has 0 amide bonds. The Labute approximate surface area is 88.3 Å². The number of aliphatic hydroxyl groups is 2. The molecule has 1 aliphatic heterocycles. The molecule has 1 heterocycles. The van der Waals surface area contributed by atoms with Gasteiger partial charge in [0, 0.05) is 12.0 Å². The second-order valence-corrected chi connectivity index (χ2v) is 4.77. The maximum Gasteiger partial charge on any atom is 0.321 e. The summed E-state index contributed by atoms with van der Waals surface area (Å²) in [6.07, 6.45) is -0.905. The predicted octanol–water partition coefficient (Wildman–Crippen LogP) is -0.726. The van der Waals surface area contributed by atoms with Gasteiger partial charge in [0.05, 0.1) is 18.2 Å². The summed E-state index contributed by atoms with van der Waals surface area (Å²) in [5.74, 6) is -1.23. The number of carboxylic acid groups (broad SMARTS) is 1. The van der Waals surface area contributed by atoms with Crippen molar-refractivity contribution in [2.45, 2.75) is 50.6 Å². The maximum absolute atomic E-state index is 11.1. The minimum Gasteiger partial charge on any atom is -0.480 e. The summed E-state index contributed by atoms with van der Waals surface area (Å²) in [7, 11) is 0. The second-order valence-electron chi connectivity index (χ2n) is 4.77. The molecule has 2 bridgehead atoms. The van der Waals surface area contributed by atoms with Crippen molar-refractivity contribution in [3.05, 3.63) is 0 Å². The molecule has 1 saturated heterocycles. The van der Waals surface area contributed by atoms with Gasteiger partial charge in [0.2, 0.25) is 0 Å². The largest absolute Gasteiger partial charge is 0.480 e. The minimum absolute atomic E-state index is 0.0192. The molecule has 5 nitrogen and oxygen atoms in total. The zero-order valence-corrected chi connectivity index (χ0v) is 8.87. The molecule has 15 heavy (non-hydrogen) atoms. The molecule has 3 N–H and O–H groups in total. The monoisotopic (exact) mass is 215 g/mol. The summed E-state index contributed by atoms with van der Waals surface area (Å²) in [6.45, 7) is 3.77. The van der Waals surface area contributed by atoms with E-state index in [9.17, 15) is 15.0 Å². The number of carboxylic acids is 1. The average Bonchev–Trinajstić information content (AvgIpc) is 2.54. The van der Waals surface area contributed by atoms with Crippen molar-refractivity contribution in [1.29, 1.82) is 0 Å². The third-order valence-electron chi connectivity index (χ3n) is 3.62. The number of piperidine rings is 1. The van der Waals surface area contributed by atoms with E-state index < -0.39 is 30.3 Å². The van der Waals surface area contributed by atoms with Crippen molar-refractivity contribution < 1.29 is 20.1 Å². The van der Waals surface area contributed by atoms with Crippen molar-refractivity contribution in [3.63, 3.8) is 0 Å². The normalized spacial score (nSPS) is 45.3. The number of hydrogen-bond acceptors (Lipinski definition) is 4. The molecule has 2 rings (SSSR count). The Kier molecular flexibility index (Phi) is 2.48. The Morgan fingerprint density at radius 3 is 2.47 bits per heavy atom. The van der Waals surface area contributed by atoms with Gasteiger partial charge in [-0.3, -0.25) is 9.69 Å². The number of rotatable bonds is 2. The van der Waals surface area contributed by atoms with Crippen molar-refractivity contribution in [1.82, 2.24) is 4.90 Å². The number of aliphatic carboxylic acids is 1. The Balaban J connectivity index is 2.31. The number of nitrogens with zero attached hydrogens (tertiary/aromatic N) is 1. The SMILES string of the molecule is CC(C)N1[C@H]2C(O)C[C@@H](C2O)[C@H]1C(=O)O. The summed E-state index contributed by atoms with van der Waals surface area (Å²) in [5, 5.41) is 28.7. The van der Waals surface area contributed by atoms with Crippen molar-refractivity contribution in [2.75, 3.05) is 0 Å². The van der Waals surface area contributed by atoms with Crippen LogP contribution in [0.1, 0.15) is 20.3 Å². The fourth-order valence-electron chi connectivity index (χ4n) is 3.11. The average molecular weight is 215 g/mol. The molecule has 5 atom stereocenters. The topological polar surface area (TPSA) is 81.0 Å². The molecule has 2 aliphatic rings. The minimum atomic E-state index is -0.901. The highest BCUT2D eigenvalue weighted by Crippen LogP contribution is 2.43. The highest BCUT2D eigenvalue weighted by molar-refractivity contribution is 5.75. The fraction of sp³-hybridized carbons (Fsp3) is 0.900. The van der Waals surface area contributed by atoms with Crippen LogP contribution in [0.4, 0.5) is 0 Å². The summed E-state index contributed by atoms with van der Waals surface area (Å²) >= 11 is 0. The fourth-order valence-corrected chi connectivity index (χ4v) is 3.11. The summed E-state index contributed by atoms with van der Waals surface area (Å²) in [4.78, 5) is 12.9. The number of hydrogen-bond donors (Lipinski definition) is 3. The van der Waals surface area contributed by atoms with Crippen LogP contribution in [0, 0.1) is 5.92 Å². The van der Waals surface area contributed by atoms with Gasteiger partial charge in [0.15, 0.2) is 0 Å². The van der Waals surface area contributed by atoms with Crippen LogP contribution in [-0.2, 0) is 4.79 Å². The zero-order chi connectivity index (χ0) is 11.3. The number of aliphatic hydroxyl groups excluding tert-OH is 2. The van der Waals surface area contributed by atoms with Gasteiger partial charge in [0.25, 0.3) is 0 Å². The highest BCUT2D eigenvalue weighted by atomic mass is 16.4. The van der Waals surface area contributed by atoms with Gasteiger partial charge in [-0.2, -0.15) is 0 Å². The maximum atomic E-state index is 11.1. The third kappa shape index (κ3) is 1.38. The molecular weight excluding hydrogens is 198 g/mol. The van der Waals surface area contributed by atoms with E-state index in [-0.39, 0.29) is 12.0 Å². The molecule has 0 radical (unpaired) electrons. The highest BCUT2D eigenvalue weighted by Gasteiger charge is 2.60. The van der Waals surface area contributed by atoms with Crippen molar-refractivity contribution >= 4 is 5.97 Å². The first-order chi connectivity index (χ1) is 6.95. The molecule has 1 saturated carbocycles. The number of fused-ring (bicyclic) bond motifs is 2. The summed E-state index contributed by atoms with van der Waals surface area (Å²) in [5.41, 5.74) is 0. The predicted molar refractivity (Wildman–Crippen MR) is 52.3 cm³/mol. The van der Waals surface area contributed by atoms with Crippen LogP contribution in [0.2, 0.25) is 0 Å². The number of carbonyl (C=O) groups is 1. The molecule has 0 spiro atoms. The first-order valence-electron chi connectivity index (χ1n) is 5.31. The molecule has 2 unspecified atom stereocenters. The summed E-state index contributed by atoms with van der Waals surface area (Å²) < 4.78 is 0. The molecule has 0 aromatic rings. The first kappa shape index (κ1) is 10.9. The standard InChI is InChI=1S/C10H17NO4/c1-4(2)11-7(10(14)15)5-3-6(12)8(11)9(5)13/h4-9,12-13H,3H2,1-2H3,(H,14,15)/t5-,6?,7+,8+,9?/m1/s1. The summed E-state index contributed by atoms with van der Waals surface area (Å²) in [6, 6.07) is -1.03. The van der Waals surface area contributed by atoms with Gasteiger partial charge in [-0.1, -0.05) is 0 Å². The van der Waals surface area contributed by atoms with Gasteiger partial charge in [0.1, 0.15) is 6.04 Å². The van der Waals surface area contributed by atoms with E-state index in [0.29, 0.717) is 6.42 Å². The number of likely N-dealkylation sites (tertiary alicyclic amines) is 1. The van der Waals surface area contributed by atoms with Gasteiger partial charge in [-0.15, -0.1) is 0 Å². The lowest BCUT2D eigenvalue weighted by Gasteiger charge is -2.37. The van der Waals surface area contributed by atoms with Gasteiger partial charge in [-0.25, -0.2) is 0 Å². The molecule has 5 heteroatoms. The van der Waals surface area contributed by atoms with Crippen molar-refractivity contribution in [2.24, 2.45) is 5.92 Å².